The van der Waals surface area contributed by atoms with Crippen molar-refractivity contribution in [2.24, 2.45) is 0 Å². The molecule has 1 aromatic carbocycles. The van der Waals surface area contributed by atoms with Crippen molar-refractivity contribution in [3.05, 3.63) is 57.4 Å². The molecular weight excluding hydrogens is 326 g/mol. The van der Waals surface area contributed by atoms with Crippen molar-refractivity contribution in [1.82, 2.24) is 4.98 Å². The monoisotopic (exact) mass is 335 g/mol. The third-order valence-electron chi connectivity index (χ3n) is 2.72. The van der Waals surface area contributed by atoms with E-state index in [1.807, 2.05) is 0 Å². The zero-order chi connectivity index (χ0) is 16.8. The van der Waals surface area contributed by atoms with Crippen LogP contribution in [-0.4, -0.2) is 28.7 Å². The van der Waals surface area contributed by atoms with Gasteiger partial charge in [-0.25, -0.2) is 4.98 Å². The number of nitro benzene ring substituents is 1. The molecule has 9 heteroatoms. The maximum atomic E-state index is 11.8. The molecular formula is C14H10ClN3O5. The smallest absolute Gasteiger partial charge is 0.270 e. The number of halogens is 1. The number of amides is 1. The minimum Gasteiger partial charge on any atom is -0.483 e. The van der Waals surface area contributed by atoms with Gasteiger partial charge in [0.1, 0.15) is 5.75 Å². The number of nitrogens with zero attached hydrogens (tertiary/aromatic N) is 2. The second-order valence-electron chi connectivity index (χ2n) is 4.28. The first-order chi connectivity index (χ1) is 11.0. The first kappa shape index (κ1) is 16.4. The van der Waals surface area contributed by atoms with E-state index in [1.54, 1.807) is 12.1 Å². The Bertz CT molecular complexity index is 766. The van der Waals surface area contributed by atoms with Gasteiger partial charge in [0.2, 0.25) is 0 Å². The molecule has 0 saturated heterocycles. The van der Waals surface area contributed by atoms with E-state index in [-0.39, 0.29) is 22.2 Å². The van der Waals surface area contributed by atoms with Gasteiger partial charge in [-0.2, -0.15) is 0 Å². The van der Waals surface area contributed by atoms with Crippen molar-refractivity contribution in [2.45, 2.75) is 0 Å². The number of rotatable bonds is 6. The van der Waals surface area contributed by atoms with Crippen LogP contribution in [0, 0.1) is 10.1 Å². The maximum absolute atomic E-state index is 11.8. The van der Waals surface area contributed by atoms with Gasteiger partial charge in [0.15, 0.2) is 18.0 Å². The van der Waals surface area contributed by atoms with Crippen LogP contribution in [0.1, 0.15) is 10.4 Å². The number of hydrogen-bond donors (Lipinski definition) is 1. The van der Waals surface area contributed by atoms with Crippen LogP contribution in [-0.2, 0) is 4.79 Å². The number of non-ortho nitro benzene ring substituents is 1. The molecule has 0 radical (unpaired) electrons. The largest absolute Gasteiger partial charge is 0.483 e. The van der Waals surface area contributed by atoms with Crippen LogP contribution < -0.4 is 10.1 Å². The number of aromatic nitrogens is 1. The standard InChI is InChI=1S/C14H10ClN3O5/c15-14-11(2-1-5-16-14)17-13(20)8-23-12-4-3-10(18(21)22)6-9(12)7-19/h1-7H,8H2,(H,17,20). The van der Waals surface area contributed by atoms with E-state index in [2.05, 4.69) is 10.3 Å². The molecule has 0 fully saturated rings. The number of ether oxygens (including phenoxy) is 1. The quantitative estimate of drug-likeness (QED) is 0.375. The van der Waals surface area contributed by atoms with Gasteiger partial charge in [0.25, 0.3) is 11.6 Å². The third kappa shape index (κ3) is 4.24. The van der Waals surface area contributed by atoms with E-state index in [4.69, 9.17) is 16.3 Å². The molecule has 0 saturated carbocycles. The van der Waals surface area contributed by atoms with Gasteiger partial charge >= 0.3 is 0 Å². The summed E-state index contributed by atoms with van der Waals surface area (Å²) < 4.78 is 5.21. The zero-order valence-electron chi connectivity index (χ0n) is 11.6. The van der Waals surface area contributed by atoms with Gasteiger partial charge < -0.3 is 10.1 Å². The van der Waals surface area contributed by atoms with Crippen molar-refractivity contribution in [3.63, 3.8) is 0 Å². The van der Waals surface area contributed by atoms with Gasteiger partial charge in [-0.15, -0.1) is 0 Å². The maximum Gasteiger partial charge on any atom is 0.270 e. The summed E-state index contributed by atoms with van der Waals surface area (Å²) in [5.74, 6) is -0.451. The molecule has 2 rings (SSSR count). The highest BCUT2D eigenvalue weighted by molar-refractivity contribution is 6.32. The fourth-order valence-corrected chi connectivity index (χ4v) is 1.85. The lowest BCUT2D eigenvalue weighted by atomic mass is 10.2. The number of pyridine rings is 1. The predicted molar refractivity (Wildman–Crippen MR) is 81.9 cm³/mol. The first-order valence-corrected chi connectivity index (χ1v) is 6.66. The molecule has 1 N–H and O–H groups in total. The number of carbonyl (C=O) groups excluding carboxylic acids is 2. The summed E-state index contributed by atoms with van der Waals surface area (Å²) in [5, 5.41) is 13.3. The van der Waals surface area contributed by atoms with Crippen LogP contribution in [0.2, 0.25) is 5.15 Å². The van der Waals surface area contributed by atoms with Gasteiger partial charge in [0, 0.05) is 18.3 Å². The van der Waals surface area contributed by atoms with E-state index in [1.165, 1.54) is 18.3 Å². The van der Waals surface area contributed by atoms with Crippen molar-refractivity contribution in [2.75, 3.05) is 11.9 Å². The Hall–Kier alpha value is -3.00. The molecule has 0 unspecified atom stereocenters. The Balaban J connectivity index is 2.03. The predicted octanol–water partition coefficient (Wildman–Crippen LogP) is 2.47. The molecule has 0 aliphatic carbocycles. The summed E-state index contributed by atoms with van der Waals surface area (Å²) in [5.41, 5.74) is 0.0551. The number of aldehydes is 1. The van der Waals surface area contributed by atoms with Crippen LogP contribution >= 0.6 is 11.6 Å². The summed E-state index contributed by atoms with van der Waals surface area (Å²) in [6.45, 7) is -0.399. The zero-order valence-corrected chi connectivity index (χ0v) is 12.3. The van der Waals surface area contributed by atoms with E-state index in [9.17, 15) is 19.7 Å². The van der Waals surface area contributed by atoms with Crippen molar-refractivity contribution >= 4 is 35.2 Å². The second-order valence-corrected chi connectivity index (χ2v) is 4.63. The molecule has 1 heterocycles. The average molecular weight is 336 g/mol. The van der Waals surface area contributed by atoms with Gasteiger partial charge in [-0.05, 0) is 18.2 Å². The Morgan fingerprint density at radius 2 is 2.22 bits per heavy atom. The highest BCUT2D eigenvalue weighted by Crippen LogP contribution is 2.23. The van der Waals surface area contributed by atoms with Crippen LogP contribution in [0.5, 0.6) is 5.75 Å². The van der Waals surface area contributed by atoms with Gasteiger partial charge in [-0.1, -0.05) is 11.6 Å². The Kier molecular flexibility index (Phi) is 5.21. The summed E-state index contributed by atoms with van der Waals surface area (Å²) in [4.78, 5) is 36.6. The number of benzene rings is 1. The van der Waals surface area contributed by atoms with Gasteiger partial charge in [-0.3, -0.25) is 19.7 Å². The highest BCUT2D eigenvalue weighted by Gasteiger charge is 2.13. The summed E-state index contributed by atoms with van der Waals surface area (Å²) >= 11 is 5.80. The number of nitro groups is 1. The summed E-state index contributed by atoms with van der Waals surface area (Å²) in [6, 6.07) is 6.67. The van der Waals surface area contributed by atoms with Crippen molar-refractivity contribution in [3.8, 4) is 5.75 Å². The Morgan fingerprint density at radius 3 is 2.87 bits per heavy atom. The van der Waals surface area contributed by atoms with Crippen LogP contribution in [0.3, 0.4) is 0 Å². The minimum absolute atomic E-state index is 0.0218. The summed E-state index contributed by atoms with van der Waals surface area (Å²) in [7, 11) is 0. The number of anilines is 1. The number of hydrogen-bond acceptors (Lipinski definition) is 6. The molecule has 118 valence electrons. The first-order valence-electron chi connectivity index (χ1n) is 6.28. The average Bonchev–Trinajstić information content (AvgIpc) is 2.54. The molecule has 8 nitrogen and oxygen atoms in total. The molecule has 0 aliphatic rings. The lowest BCUT2D eigenvalue weighted by Crippen LogP contribution is -2.20. The molecule has 1 aromatic heterocycles. The molecule has 0 atom stereocenters. The fourth-order valence-electron chi connectivity index (χ4n) is 1.68. The lowest BCUT2D eigenvalue weighted by Gasteiger charge is -2.09. The highest BCUT2D eigenvalue weighted by atomic mass is 35.5. The van der Waals surface area contributed by atoms with E-state index >= 15 is 0 Å². The Labute approximate surface area is 135 Å². The van der Waals surface area contributed by atoms with Crippen molar-refractivity contribution in [1.29, 1.82) is 0 Å². The SMILES string of the molecule is O=Cc1cc([N+](=O)[O-])ccc1OCC(=O)Nc1cccnc1Cl. The topological polar surface area (TPSA) is 111 Å². The molecule has 23 heavy (non-hydrogen) atoms. The molecule has 0 bridgehead atoms. The minimum atomic E-state index is -0.631. The van der Waals surface area contributed by atoms with Crippen LogP contribution in [0.4, 0.5) is 11.4 Å². The lowest BCUT2D eigenvalue weighted by molar-refractivity contribution is -0.384. The van der Waals surface area contributed by atoms with E-state index < -0.39 is 17.4 Å². The third-order valence-corrected chi connectivity index (χ3v) is 3.02. The number of carbonyl (C=O) groups is 2. The molecule has 0 aliphatic heterocycles. The summed E-state index contributed by atoms with van der Waals surface area (Å²) in [6.07, 6.45) is 1.89. The molecule has 0 spiro atoms. The Morgan fingerprint density at radius 1 is 1.43 bits per heavy atom. The van der Waals surface area contributed by atoms with Crippen LogP contribution in [0.25, 0.3) is 0 Å². The van der Waals surface area contributed by atoms with E-state index in [0.717, 1.165) is 6.07 Å². The normalized spacial score (nSPS) is 9.96. The molecule has 1 amide bonds. The fraction of sp³-hybridized carbons (Fsp3) is 0.0714. The second kappa shape index (κ2) is 7.32. The number of nitrogens with one attached hydrogen (secondary N) is 1. The van der Waals surface area contributed by atoms with E-state index in [0.29, 0.717) is 12.0 Å². The van der Waals surface area contributed by atoms with Crippen molar-refractivity contribution < 1.29 is 19.2 Å². The van der Waals surface area contributed by atoms with Crippen LogP contribution in [0.15, 0.2) is 36.5 Å². The molecule has 2 aromatic rings. The van der Waals surface area contributed by atoms with Gasteiger partial charge in [0.05, 0.1) is 16.2 Å².